The maximum atomic E-state index is 13.0. The average molecular weight is 360 g/mol. The minimum absolute atomic E-state index is 0.0298. The van der Waals surface area contributed by atoms with Crippen LogP contribution in [0.25, 0.3) is 10.2 Å². The molecule has 0 bridgehead atoms. The standard InChI is InChI=1S/C18H20N2O4S/c1-12-4-2-6-15-16(12)19-18(25-15)20(10-13-5-3-7-23-13)17(21)14-11-22-8-9-24-14/h2,4,6,11,13H,3,5,7-10H2,1H3. The van der Waals surface area contributed by atoms with Crippen molar-refractivity contribution in [1.82, 2.24) is 4.98 Å². The Kier molecular flexibility index (Phi) is 4.59. The normalized spacial score (nSPS) is 20.0. The van der Waals surface area contributed by atoms with Gasteiger partial charge in [0.05, 0.1) is 22.9 Å². The molecule has 132 valence electrons. The molecular formula is C18H20N2O4S. The van der Waals surface area contributed by atoms with Gasteiger partial charge in [0.15, 0.2) is 5.13 Å². The van der Waals surface area contributed by atoms with Crippen molar-refractivity contribution in [2.24, 2.45) is 0 Å². The smallest absolute Gasteiger partial charge is 0.298 e. The fourth-order valence-corrected chi connectivity index (χ4v) is 4.09. The van der Waals surface area contributed by atoms with E-state index in [2.05, 4.69) is 0 Å². The molecule has 1 aromatic heterocycles. The molecule has 3 heterocycles. The predicted octanol–water partition coefficient (Wildman–Crippen LogP) is 3.00. The number of carbonyl (C=O) groups is 1. The van der Waals surface area contributed by atoms with Crippen molar-refractivity contribution in [1.29, 1.82) is 0 Å². The highest BCUT2D eigenvalue weighted by Gasteiger charge is 2.30. The van der Waals surface area contributed by atoms with Gasteiger partial charge in [0.2, 0.25) is 5.76 Å². The third-order valence-electron chi connectivity index (χ3n) is 4.36. The van der Waals surface area contributed by atoms with Crippen molar-refractivity contribution < 1.29 is 19.0 Å². The Hall–Kier alpha value is -2.12. The van der Waals surface area contributed by atoms with Crippen LogP contribution in [0.15, 0.2) is 30.2 Å². The van der Waals surface area contributed by atoms with Gasteiger partial charge < -0.3 is 14.2 Å². The number of carbonyl (C=O) groups excluding carboxylic acids is 1. The third kappa shape index (κ3) is 3.34. The summed E-state index contributed by atoms with van der Waals surface area (Å²) in [7, 11) is 0. The Morgan fingerprint density at radius 3 is 3.00 bits per heavy atom. The summed E-state index contributed by atoms with van der Waals surface area (Å²) in [6.45, 7) is 4.08. The number of aromatic nitrogens is 1. The number of thiazole rings is 1. The Labute approximate surface area is 150 Å². The van der Waals surface area contributed by atoms with E-state index in [0.29, 0.717) is 24.9 Å². The first-order valence-corrected chi connectivity index (χ1v) is 9.28. The summed E-state index contributed by atoms with van der Waals surface area (Å²) in [6.07, 6.45) is 3.40. The highest BCUT2D eigenvalue weighted by atomic mass is 32.1. The quantitative estimate of drug-likeness (QED) is 0.839. The molecule has 1 amide bonds. The van der Waals surface area contributed by atoms with Gasteiger partial charge >= 0.3 is 0 Å². The summed E-state index contributed by atoms with van der Waals surface area (Å²) in [5.41, 5.74) is 2.03. The van der Waals surface area contributed by atoms with Gasteiger partial charge in [-0.15, -0.1) is 0 Å². The molecule has 0 saturated carbocycles. The SMILES string of the molecule is Cc1cccc2sc(N(CC3CCCO3)C(=O)C3=COCCO3)nc12. The number of nitrogens with zero attached hydrogens (tertiary/aromatic N) is 2. The molecule has 0 N–H and O–H groups in total. The van der Waals surface area contributed by atoms with E-state index in [9.17, 15) is 4.79 Å². The fraction of sp³-hybridized carbons (Fsp3) is 0.444. The predicted molar refractivity (Wildman–Crippen MR) is 95.7 cm³/mol. The third-order valence-corrected chi connectivity index (χ3v) is 5.40. The number of amides is 1. The van der Waals surface area contributed by atoms with Gasteiger partial charge in [0.1, 0.15) is 19.5 Å². The van der Waals surface area contributed by atoms with Crippen molar-refractivity contribution in [3.8, 4) is 0 Å². The van der Waals surface area contributed by atoms with E-state index in [4.69, 9.17) is 19.2 Å². The van der Waals surface area contributed by atoms with Crippen molar-refractivity contribution in [2.75, 3.05) is 31.3 Å². The van der Waals surface area contributed by atoms with Crippen LogP contribution >= 0.6 is 11.3 Å². The number of para-hydroxylation sites is 1. The Morgan fingerprint density at radius 1 is 1.36 bits per heavy atom. The van der Waals surface area contributed by atoms with Gasteiger partial charge in [-0.25, -0.2) is 4.98 Å². The minimum Gasteiger partial charge on any atom is -0.494 e. The van der Waals surface area contributed by atoms with Gasteiger partial charge in [-0.2, -0.15) is 0 Å². The molecule has 0 spiro atoms. The molecule has 2 aliphatic heterocycles. The molecule has 2 aliphatic rings. The van der Waals surface area contributed by atoms with Gasteiger partial charge in [0, 0.05) is 6.61 Å². The summed E-state index contributed by atoms with van der Waals surface area (Å²) in [5.74, 6) is -0.00728. The summed E-state index contributed by atoms with van der Waals surface area (Å²) in [4.78, 5) is 19.4. The number of anilines is 1. The van der Waals surface area contributed by atoms with Crippen LogP contribution in [0.3, 0.4) is 0 Å². The summed E-state index contributed by atoms with van der Waals surface area (Å²) in [6, 6.07) is 6.06. The first-order chi connectivity index (χ1) is 12.2. The highest BCUT2D eigenvalue weighted by Crippen LogP contribution is 2.32. The lowest BCUT2D eigenvalue weighted by molar-refractivity contribution is -0.120. The van der Waals surface area contributed by atoms with Gasteiger partial charge in [-0.3, -0.25) is 9.69 Å². The van der Waals surface area contributed by atoms with Crippen LogP contribution in [0.4, 0.5) is 5.13 Å². The zero-order chi connectivity index (χ0) is 17.2. The molecule has 2 aromatic rings. The highest BCUT2D eigenvalue weighted by molar-refractivity contribution is 7.22. The molecule has 0 radical (unpaired) electrons. The molecule has 6 nitrogen and oxygen atoms in total. The number of aryl methyl sites for hydroxylation is 1. The number of ether oxygens (including phenoxy) is 3. The Morgan fingerprint density at radius 2 is 2.28 bits per heavy atom. The lowest BCUT2D eigenvalue weighted by Gasteiger charge is -2.25. The Balaban J connectivity index is 1.68. The first kappa shape index (κ1) is 16.4. The van der Waals surface area contributed by atoms with E-state index in [0.717, 1.165) is 35.2 Å². The van der Waals surface area contributed by atoms with E-state index in [1.54, 1.807) is 4.90 Å². The monoisotopic (exact) mass is 360 g/mol. The van der Waals surface area contributed by atoms with Crippen molar-refractivity contribution >= 4 is 32.6 Å². The molecular weight excluding hydrogens is 340 g/mol. The van der Waals surface area contributed by atoms with Gasteiger partial charge in [-0.1, -0.05) is 23.5 Å². The molecule has 4 rings (SSSR count). The van der Waals surface area contributed by atoms with Crippen molar-refractivity contribution in [2.45, 2.75) is 25.9 Å². The number of benzene rings is 1. The number of rotatable bonds is 4. The largest absolute Gasteiger partial charge is 0.494 e. The van der Waals surface area contributed by atoms with Gasteiger partial charge in [-0.05, 0) is 31.4 Å². The van der Waals surface area contributed by atoms with Crippen LogP contribution in [0, 0.1) is 6.92 Å². The van der Waals surface area contributed by atoms with Crippen molar-refractivity contribution in [3.05, 3.63) is 35.8 Å². The van der Waals surface area contributed by atoms with Crippen LogP contribution in [0.1, 0.15) is 18.4 Å². The van der Waals surface area contributed by atoms with Crippen LogP contribution < -0.4 is 4.90 Å². The fourth-order valence-electron chi connectivity index (χ4n) is 3.04. The Bertz CT molecular complexity index is 811. The molecule has 1 atom stereocenters. The maximum absolute atomic E-state index is 13.0. The second-order valence-corrected chi connectivity index (χ2v) is 7.18. The summed E-state index contributed by atoms with van der Waals surface area (Å²) in [5, 5.41) is 0.667. The molecule has 1 fully saturated rings. The molecule has 25 heavy (non-hydrogen) atoms. The van der Waals surface area contributed by atoms with Gasteiger partial charge in [0.25, 0.3) is 5.91 Å². The lowest BCUT2D eigenvalue weighted by Crippen LogP contribution is -2.39. The van der Waals surface area contributed by atoms with Crippen LogP contribution in [-0.4, -0.2) is 43.4 Å². The van der Waals surface area contributed by atoms with E-state index >= 15 is 0 Å². The zero-order valence-electron chi connectivity index (χ0n) is 14.1. The van der Waals surface area contributed by atoms with Crippen LogP contribution in [0.2, 0.25) is 0 Å². The molecule has 0 aliphatic carbocycles. The summed E-state index contributed by atoms with van der Waals surface area (Å²) < 4.78 is 17.5. The van der Waals surface area contributed by atoms with E-state index in [1.165, 1.54) is 17.6 Å². The molecule has 1 saturated heterocycles. The van der Waals surface area contributed by atoms with Crippen LogP contribution in [0.5, 0.6) is 0 Å². The second kappa shape index (κ2) is 7.01. The second-order valence-electron chi connectivity index (χ2n) is 6.17. The average Bonchev–Trinajstić information content (AvgIpc) is 3.30. The van der Waals surface area contributed by atoms with Crippen LogP contribution in [-0.2, 0) is 19.0 Å². The first-order valence-electron chi connectivity index (χ1n) is 8.46. The molecule has 1 aromatic carbocycles. The van der Waals surface area contributed by atoms with E-state index < -0.39 is 0 Å². The number of hydrogen-bond donors (Lipinski definition) is 0. The number of fused-ring (bicyclic) bond motifs is 1. The number of hydrogen-bond acceptors (Lipinski definition) is 6. The molecule has 1 unspecified atom stereocenters. The summed E-state index contributed by atoms with van der Waals surface area (Å²) >= 11 is 1.51. The molecule has 7 heteroatoms. The van der Waals surface area contributed by atoms with Crippen molar-refractivity contribution in [3.63, 3.8) is 0 Å². The van der Waals surface area contributed by atoms with E-state index in [-0.39, 0.29) is 17.8 Å². The van der Waals surface area contributed by atoms with E-state index in [1.807, 2.05) is 25.1 Å². The zero-order valence-corrected chi connectivity index (χ0v) is 14.9. The topological polar surface area (TPSA) is 60.9 Å². The maximum Gasteiger partial charge on any atom is 0.298 e. The lowest BCUT2D eigenvalue weighted by atomic mass is 10.2. The minimum atomic E-state index is -0.230.